The lowest BCUT2D eigenvalue weighted by Gasteiger charge is -2.27. The van der Waals surface area contributed by atoms with E-state index in [1.807, 2.05) is 45.0 Å². The summed E-state index contributed by atoms with van der Waals surface area (Å²) in [4.78, 5) is 12.9. The molecule has 2 aromatic carbocycles. The van der Waals surface area contributed by atoms with Crippen LogP contribution in [0.15, 0.2) is 30.3 Å². The second-order valence-electron chi connectivity index (χ2n) is 7.95. The van der Waals surface area contributed by atoms with Gasteiger partial charge in [-0.1, -0.05) is 37.6 Å². The van der Waals surface area contributed by atoms with Crippen molar-refractivity contribution in [3.63, 3.8) is 0 Å². The Hall–Kier alpha value is -2.69. The van der Waals surface area contributed by atoms with Crippen LogP contribution >= 0.6 is 0 Å². The number of fused-ring (bicyclic) bond motifs is 1. The Morgan fingerprint density at radius 1 is 1.21 bits per heavy atom. The molecule has 2 aromatic rings. The van der Waals surface area contributed by atoms with Crippen LogP contribution in [0.2, 0.25) is 0 Å². The van der Waals surface area contributed by atoms with E-state index in [4.69, 9.17) is 4.74 Å². The third-order valence-electron chi connectivity index (χ3n) is 5.75. The highest BCUT2D eigenvalue weighted by Gasteiger charge is 2.26. The molecule has 0 radical (unpaired) electrons. The summed E-state index contributed by atoms with van der Waals surface area (Å²) in [6, 6.07) is 9.35. The molecule has 1 aliphatic carbocycles. The van der Waals surface area contributed by atoms with Crippen LogP contribution in [0.1, 0.15) is 60.8 Å². The Morgan fingerprint density at radius 3 is 2.62 bits per heavy atom. The molecule has 29 heavy (non-hydrogen) atoms. The first kappa shape index (κ1) is 21.0. The van der Waals surface area contributed by atoms with Crippen LogP contribution in [0.3, 0.4) is 0 Å². The number of ether oxygens (including phenoxy) is 1. The van der Waals surface area contributed by atoms with Crippen molar-refractivity contribution in [3.05, 3.63) is 52.6 Å². The molecule has 3 rings (SSSR count). The van der Waals surface area contributed by atoms with Crippen LogP contribution < -0.4 is 10.1 Å². The molecule has 0 bridgehead atoms. The lowest BCUT2D eigenvalue weighted by atomic mass is 9.82. The number of amides is 1. The molecule has 2 atom stereocenters. The van der Waals surface area contributed by atoms with Crippen molar-refractivity contribution in [2.24, 2.45) is 0 Å². The molecule has 0 spiro atoms. The molecule has 5 heteroatoms. The summed E-state index contributed by atoms with van der Waals surface area (Å²) in [5.41, 5.74) is 3.85. The number of phenolic OH excluding ortho intramolecular Hbond substituents is 2. The largest absolute Gasteiger partial charge is 0.504 e. The van der Waals surface area contributed by atoms with E-state index in [2.05, 4.69) is 5.32 Å². The summed E-state index contributed by atoms with van der Waals surface area (Å²) in [5, 5.41) is 23.0. The highest BCUT2D eigenvalue weighted by Crippen LogP contribution is 2.40. The average molecular weight is 398 g/mol. The van der Waals surface area contributed by atoms with E-state index in [0.717, 1.165) is 53.7 Å². The minimum absolute atomic E-state index is 0.0271. The predicted octanol–water partition coefficient (Wildman–Crippen LogP) is 4.50. The lowest BCUT2D eigenvalue weighted by Crippen LogP contribution is -2.40. The fourth-order valence-corrected chi connectivity index (χ4v) is 4.15. The van der Waals surface area contributed by atoms with Gasteiger partial charge in [-0.2, -0.15) is 0 Å². The summed E-state index contributed by atoms with van der Waals surface area (Å²) in [6.07, 6.45) is 3.57. The van der Waals surface area contributed by atoms with E-state index in [1.165, 1.54) is 6.07 Å². The Kier molecular flexibility index (Phi) is 6.68. The average Bonchev–Trinajstić information content (AvgIpc) is 2.71. The fraction of sp³-hybridized carbons (Fsp3) is 0.458. The van der Waals surface area contributed by atoms with Gasteiger partial charge in [0.05, 0.1) is 0 Å². The Morgan fingerprint density at radius 2 is 1.93 bits per heavy atom. The number of aryl methyl sites for hydroxylation is 2. The van der Waals surface area contributed by atoms with Crippen LogP contribution in [0.4, 0.5) is 0 Å². The first-order valence-electron chi connectivity index (χ1n) is 10.5. The standard InChI is InChI=1S/C24H31NO4/c1-4-7-21(29-23-15(2)8-5-9-16(23)3)24(28)25-14-17-10-6-11-19-18(17)12-13-20(26)22(19)27/h5,8-9,12-13,17,21,26-27H,4,6-7,10-11,14H2,1-3H3,(H,25,28). The number of rotatable bonds is 7. The van der Waals surface area contributed by atoms with Crippen LogP contribution in [-0.4, -0.2) is 28.8 Å². The molecular weight excluding hydrogens is 366 g/mol. The molecule has 1 amide bonds. The topological polar surface area (TPSA) is 78.8 Å². The number of hydrogen-bond acceptors (Lipinski definition) is 4. The normalized spacial score (nSPS) is 16.7. The zero-order valence-corrected chi connectivity index (χ0v) is 17.5. The van der Waals surface area contributed by atoms with E-state index < -0.39 is 6.10 Å². The lowest BCUT2D eigenvalue weighted by molar-refractivity contribution is -0.128. The molecule has 0 heterocycles. The summed E-state index contributed by atoms with van der Waals surface area (Å²) in [7, 11) is 0. The molecule has 3 N–H and O–H groups in total. The number of benzene rings is 2. The molecule has 0 fully saturated rings. The number of phenols is 2. The predicted molar refractivity (Wildman–Crippen MR) is 114 cm³/mol. The SMILES string of the molecule is CCCC(Oc1c(C)cccc1C)C(=O)NCC1CCCc2c1ccc(O)c2O. The van der Waals surface area contributed by atoms with E-state index in [9.17, 15) is 15.0 Å². The number of para-hydroxylation sites is 1. The van der Waals surface area contributed by atoms with Gasteiger partial charge in [0.1, 0.15) is 5.75 Å². The molecule has 2 unspecified atom stereocenters. The van der Waals surface area contributed by atoms with Gasteiger partial charge in [-0.3, -0.25) is 4.79 Å². The smallest absolute Gasteiger partial charge is 0.261 e. The monoisotopic (exact) mass is 397 g/mol. The van der Waals surface area contributed by atoms with Crippen molar-refractivity contribution in [3.8, 4) is 17.2 Å². The molecule has 0 aliphatic heterocycles. The fourth-order valence-electron chi connectivity index (χ4n) is 4.15. The first-order chi connectivity index (χ1) is 13.9. The van der Waals surface area contributed by atoms with E-state index in [0.29, 0.717) is 13.0 Å². The minimum Gasteiger partial charge on any atom is -0.504 e. The highest BCUT2D eigenvalue weighted by atomic mass is 16.5. The maximum atomic E-state index is 12.9. The van der Waals surface area contributed by atoms with E-state index in [1.54, 1.807) is 0 Å². The Bertz CT molecular complexity index is 857. The molecule has 5 nitrogen and oxygen atoms in total. The molecule has 156 valence electrons. The minimum atomic E-state index is -0.531. The van der Waals surface area contributed by atoms with Crippen molar-refractivity contribution < 1.29 is 19.7 Å². The third-order valence-corrected chi connectivity index (χ3v) is 5.75. The van der Waals surface area contributed by atoms with Gasteiger partial charge in [0, 0.05) is 18.0 Å². The van der Waals surface area contributed by atoms with Crippen LogP contribution in [0.25, 0.3) is 0 Å². The first-order valence-corrected chi connectivity index (χ1v) is 10.5. The zero-order chi connectivity index (χ0) is 21.0. The number of aromatic hydroxyl groups is 2. The maximum Gasteiger partial charge on any atom is 0.261 e. The van der Waals surface area contributed by atoms with Gasteiger partial charge < -0.3 is 20.3 Å². The number of carbonyl (C=O) groups excluding carboxylic acids is 1. The maximum absolute atomic E-state index is 12.9. The van der Waals surface area contributed by atoms with Crippen molar-refractivity contribution in [1.29, 1.82) is 0 Å². The van der Waals surface area contributed by atoms with Gasteiger partial charge in [0.15, 0.2) is 17.6 Å². The van der Waals surface area contributed by atoms with Crippen LogP contribution in [-0.2, 0) is 11.2 Å². The number of carbonyl (C=O) groups is 1. The van der Waals surface area contributed by atoms with Gasteiger partial charge in [0.2, 0.25) is 0 Å². The number of hydrogen-bond donors (Lipinski definition) is 3. The third kappa shape index (κ3) is 4.66. The summed E-state index contributed by atoms with van der Waals surface area (Å²) in [6.45, 7) is 6.52. The van der Waals surface area contributed by atoms with Crippen LogP contribution in [0, 0.1) is 13.8 Å². The van der Waals surface area contributed by atoms with Crippen molar-refractivity contribution >= 4 is 5.91 Å². The molecule has 0 aromatic heterocycles. The quantitative estimate of drug-likeness (QED) is 0.601. The van der Waals surface area contributed by atoms with Crippen molar-refractivity contribution in [1.82, 2.24) is 5.32 Å². The van der Waals surface area contributed by atoms with E-state index >= 15 is 0 Å². The highest BCUT2D eigenvalue weighted by molar-refractivity contribution is 5.81. The van der Waals surface area contributed by atoms with Crippen molar-refractivity contribution in [2.75, 3.05) is 6.54 Å². The second-order valence-corrected chi connectivity index (χ2v) is 7.95. The van der Waals surface area contributed by atoms with Crippen molar-refractivity contribution in [2.45, 2.75) is 64.9 Å². The van der Waals surface area contributed by atoms with Gasteiger partial charge in [-0.05, 0) is 62.3 Å². The second kappa shape index (κ2) is 9.21. The molecule has 0 saturated heterocycles. The van der Waals surface area contributed by atoms with Gasteiger partial charge >= 0.3 is 0 Å². The Balaban J connectivity index is 1.70. The Labute approximate surface area is 172 Å². The van der Waals surface area contributed by atoms with E-state index in [-0.39, 0.29) is 23.3 Å². The summed E-state index contributed by atoms with van der Waals surface area (Å²) < 4.78 is 6.14. The van der Waals surface area contributed by atoms with Crippen LogP contribution in [0.5, 0.6) is 17.2 Å². The summed E-state index contributed by atoms with van der Waals surface area (Å²) in [5.74, 6) is 0.685. The van der Waals surface area contributed by atoms with Gasteiger partial charge in [-0.25, -0.2) is 0 Å². The summed E-state index contributed by atoms with van der Waals surface area (Å²) >= 11 is 0. The molecule has 0 saturated carbocycles. The molecule has 1 aliphatic rings. The van der Waals surface area contributed by atoms with Gasteiger partial charge in [0.25, 0.3) is 5.91 Å². The van der Waals surface area contributed by atoms with Gasteiger partial charge in [-0.15, -0.1) is 0 Å². The zero-order valence-electron chi connectivity index (χ0n) is 17.5. The molecular formula is C24H31NO4. The number of nitrogens with one attached hydrogen (secondary N) is 1.